The first-order chi connectivity index (χ1) is 9.26. The summed E-state index contributed by atoms with van der Waals surface area (Å²) >= 11 is 0. The van der Waals surface area contributed by atoms with Gasteiger partial charge in [-0.05, 0) is 18.6 Å². The summed E-state index contributed by atoms with van der Waals surface area (Å²) in [5.41, 5.74) is 1.58. The van der Waals surface area contributed by atoms with E-state index in [1.165, 1.54) is 7.11 Å². The maximum absolute atomic E-state index is 11.4. The van der Waals surface area contributed by atoms with Crippen LogP contribution in [0.15, 0.2) is 28.7 Å². The van der Waals surface area contributed by atoms with Crippen molar-refractivity contribution < 1.29 is 13.9 Å². The first-order valence-electron chi connectivity index (χ1n) is 6.21. The molecular weight excluding hydrogens is 246 g/mol. The van der Waals surface area contributed by atoms with Crippen molar-refractivity contribution >= 4 is 23.2 Å². The van der Waals surface area contributed by atoms with E-state index in [4.69, 9.17) is 9.15 Å². The molecule has 1 aromatic carbocycles. The first-order valence-corrected chi connectivity index (χ1v) is 6.21. The number of nitrogens with one attached hydrogen (secondary N) is 1. The van der Waals surface area contributed by atoms with Crippen LogP contribution < -0.4 is 5.32 Å². The van der Waals surface area contributed by atoms with Crippen molar-refractivity contribution in [3.8, 4) is 0 Å². The number of carbonyl (C=O) groups excluding carboxylic acids is 1. The average Bonchev–Trinajstić information content (AvgIpc) is 3.04. The third kappa shape index (κ3) is 2.33. The fourth-order valence-electron chi connectivity index (χ4n) is 2.28. The molecule has 1 aromatic heterocycles. The van der Waals surface area contributed by atoms with Crippen molar-refractivity contribution in [1.82, 2.24) is 9.88 Å². The molecule has 1 amide bonds. The molecular formula is C13H15N3O3. The Labute approximate surface area is 110 Å². The molecule has 1 fully saturated rings. The number of likely N-dealkylation sites (tertiary alicyclic amines) is 1. The van der Waals surface area contributed by atoms with Gasteiger partial charge in [-0.1, -0.05) is 12.1 Å². The molecule has 3 rings (SSSR count). The van der Waals surface area contributed by atoms with Gasteiger partial charge in [-0.15, -0.1) is 0 Å². The Balaban J connectivity index is 1.67. The molecule has 1 aliphatic heterocycles. The third-order valence-corrected chi connectivity index (χ3v) is 3.24. The van der Waals surface area contributed by atoms with Gasteiger partial charge in [0.05, 0.1) is 7.11 Å². The molecule has 0 radical (unpaired) electrons. The Morgan fingerprint density at radius 3 is 3.16 bits per heavy atom. The van der Waals surface area contributed by atoms with E-state index in [1.54, 1.807) is 4.90 Å². The highest BCUT2D eigenvalue weighted by Crippen LogP contribution is 2.21. The molecule has 2 aromatic rings. The molecule has 6 nitrogen and oxygen atoms in total. The van der Waals surface area contributed by atoms with Crippen LogP contribution in [0.5, 0.6) is 0 Å². The van der Waals surface area contributed by atoms with Gasteiger partial charge in [0.2, 0.25) is 0 Å². The second-order valence-electron chi connectivity index (χ2n) is 4.53. The summed E-state index contributed by atoms with van der Waals surface area (Å²) in [6, 6.07) is 8.25. The van der Waals surface area contributed by atoms with Gasteiger partial charge in [0.25, 0.3) is 6.01 Å². The van der Waals surface area contributed by atoms with E-state index in [1.807, 2.05) is 24.3 Å². The number of anilines is 1. The Bertz CT molecular complexity index is 563. The Morgan fingerprint density at radius 2 is 2.37 bits per heavy atom. The zero-order valence-corrected chi connectivity index (χ0v) is 10.6. The number of hydrogen-bond acceptors (Lipinski definition) is 5. The number of aromatic nitrogens is 1. The summed E-state index contributed by atoms with van der Waals surface area (Å²) in [4.78, 5) is 17.4. The quantitative estimate of drug-likeness (QED) is 0.896. The van der Waals surface area contributed by atoms with Crippen LogP contribution >= 0.6 is 0 Å². The van der Waals surface area contributed by atoms with Crippen LogP contribution in [0.25, 0.3) is 11.1 Å². The Hall–Kier alpha value is -2.24. The lowest BCUT2D eigenvalue weighted by atomic mass is 10.3. The van der Waals surface area contributed by atoms with Crippen molar-refractivity contribution in [1.29, 1.82) is 0 Å². The van der Waals surface area contributed by atoms with Crippen molar-refractivity contribution in [2.24, 2.45) is 0 Å². The molecule has 1 aliphatic rings. The minimum Gasteiger partial charge on any atom is -0.453 e. The van der Waals surface area contributed by atoms with Crippen LogP contribution in [0.1, 0.15) is 6.42 Å². The molecule has 6 heteroatoms. The number of rotatable bonds is 2. The monoisotopic (exact) mass is 261 g/mol. The average molecular weight is 261 g/mol. The number of oxazole rings is 1. The molecule has 19 heavy (non-hydrogen) atoms. The minimum absolute atomic E-state index is 0.146. The summed E-state index contributed by atoms with van der Waals surface area (Å²) < 4.78 is 10.3. The fourth-order valence-corrected chi connectivity index (χ4v) is 2.28. The van der Waals surface area contributed by atoms with Gasteiger partial charge < -0.3 is 19.4 Å². The number of nitrogens with zero attached hydrogens (tertiary/aromatic N) is 2. The van der Waals surface area contributed by atoms with Gasteiger partial charge in [-0.2, -0.15) is 4.98 Å². The largest absolute Gasteiger partial charge is 0.453 e. The predicted molar refractivity (Wildman–Crippen MR) is 70.0 cm³/mol. The van der Waals surface area contributed by atoms with Gasteiger partial charge in [0, 0.05) is 19.1 Å². The first kappa shape index (κ1) is 11.8. The number of hydrogen-bond donors (Lipinski definition) is 1. The molecule has 0 bridgehead atoms. The summed E-state index contributed by atoms with van der Waals surface area (Å²) in [5.74, 6) is 0. The predicted octanol–water partition coefficient (Wildman–Crippen LogP) is 2.08. The van der Waals surface area contributed by atoms with E-state index >= 15 is 0 Å². The summed E-state index contributed by atoms with van der Waals surface area (Å²) in [6.07, 6.45) is 0.565. The second kappa shape index (κ2) is 4.79. The molecule has 0 spiro atoms. The van der Waals surface area contributed by atoms with Gasteiger partial charge in [-0.25, -0.2) is 4.79 Å². The van der Waals surface area contributed by atoms with Gasteiger partial charge in [0.15, 0.2) is 5.58 Å². The maximum atomic E-state index is 11.4. The van der Waals surface area contributed by atoms with Crippen LogP contribution in [0.2, 0.25) is 0 Å². The molecule has 1 N–H and O–H groups in total. The topological polar surface area (TPSA) is 67.6 Å². The maximum Gasteiger partial charge on any atom is 0.409 e. The van der Waals surface area contributed by atoms with E-state index in [0.29, 0.717) is 19.1 Å². The van der Waals surface area contributed by atoms with Gasteiger partial charge in [0.1, 0.15) is 5.52 Å². The number of methoxy groups -OCH3 is 1. The number of para-hydroxylation sites is 2. The highest BCUT2D eigenvalue weighted by Gasteiger charge is 2.27. The van der Waals surface area contributed by atoms with Crippen molar-refractivity contribution in [3.05, 3.63) is 24.3 Å². The van der Waals surface area contributed by atoms with E-state index in [9.17, 15) is 4.79 Å². The highest BCUT2D eigenvalue weighted by molar-refractivity contribution is 5.74. The standard InChI is InChI=1S/C13H15N3O3/c1-18-13(17)16-7-6-9(8-16)14-12-15-10-4-2-3-5-11(10)19-12/h2-5,9H,6-8H2,1H3,(H,14,15). The molecule has 1 atom stereocenters. The lowest BCUT2D eigenvalue weighted by Crippen LogP contribution is -2.31. The fraction of sp³-hybridized carbons (Fsp3) is 0.385. The number of benzene rings is 1. The summed E-state index contributed by atoms with van der Waals surface area (Å²) in [5, 5.41) is 3.21. The second-order valence-corrected chi connectivity index (χ2v) is 4.53. The number of fused-ring (bicyclic) bond motifs is 1. The molecule has 100 valence electrons. The molecule has 0 saturated carbocycles. The van der Waals surface area contributed by atoms with Crippen LogP contribution in [0, 0.1) is 0 Å². The lowest BCUT2D eigenvalue weighted by Gasteiger charge is -2.14. The van der Waals surface area contributed by atoms with Crippen LogP contribution in [0.3, 0.4) is 0 Å². The number of carbonyl (C=O) groups is 1. The van der Waals surface area contributed by atoms with Crippen LogP contribution in [-0.2, 0) is 4.74 Å². The zero-order valence-electron chi connectivity index (χ0n) is 10.6. The SMILES string of the molecule is COC(=O)N1CCC(Nc2nc3ccccc3o2)C1. The van der Waals surface area contributed by atoms with Crippen molar-refractivity contribution in [2.45, 2.75) is 12.5 Å². The van der Waals surface area contributed by atoms with Crippen molar-refractivity contribution in [3.63, 3.8) is 0 Å². The Morgan fingerprint density at radius 1 is 1.53 bits per heavy atom. The number of amides is 1. The summed E-state index contributed by atoms with van der Waals surface area (Å²) in [6.45, 7) is 1.29. The normalized spacial score (nSPS) is 18.8. The smallest absolute Gasteiger partial charge is 0.409 e. The van der Waals surface area contributed by atoms with E-state index in [2.05, 4.69) is 10.3 Å². The van der Waals surface area contributed by atoms with Crippen LogP contribution in [0.4, 0.5) is 10.8 Å². The third-order valence-electron chi connectivity index (χ3n) is 3.24. The van der Waals surface area contributed by atoms with Gasteiger partial charge >= 0.3 is 6.09 Å². The van der Waals surface area contributed by atoms with Crippen LogP contribution in [-0.4, -0.2) is 42.2 Å². The molecule has 0 aliphatic carbocycles. The van der Waals surface area contributed by atoms with E-state index in [-0.39, 0.29) is 12.1 Å². The zero-order chi connectivity index (χ0) is 13.2. The van der Waals surface area contributed by atoms with Crippen molar-refractivity contribution in [2.75, 3.05) is 25.5 Å². The minimum atomic E-state index is -0.290. The molecule has 2 heterocycles. The Kier molecular flexibility index (Phi) is 2.98. The van der Waals surface area contributed by atoms with E-state index in [0.717, 1.165) is 17.5 Å². The lowest BCUT2D eigenvalue weighted by molar-refractivity contribution is 0.132. The van der Waals surface area contributed by atoms with Gasteiger partial charge in [-0.3, -0.25) is 0 Å². The molecule has 1 saturated heterocycles. The number of ether oxygens (including phenoxy) is 1. The summed E-state index contributed by atoms with van der Waals surface area (Å²) in [7, 11) is 1.39. The highest BCUT2D eigenvalue weighted by atomic mass is 16.5. The van der Waals surface area contributed by atoms with E-state index < -0.39 is 0 Å². The molecule has 1 unspecified atom stereocenters.